The molecule has 1 aliphatic rings. The van der Waals surface area contributed by atoms with Gasteiger partial charge < -0.3 is 4.98 Å². The number of aromatic nitrogens is 4. The summed E-state index contributed by atoms with van der Waals surface area (Å²) >= 11 is 0. The molecule has 1 N–H and O–H groups in total. The van der Waals surface area contributed by atoms with Crippen molar-refractivity contribution in [1.82, 2.24) is 19.7 Å². The summed E-state index contributed by atoms with van der Waals surface area (Å²) in [6, 6.07) is 4.63. The second kappa shape index (κ2) is 5.69. The number of hydrogen-bond donors (Lipinski definition) is 1. The highest BCUT2D eigenvalue weighted by molar-refractivity contribution is 5.77. The zero-order chi connectivity index (χ0) is 18.6. The molecular weight excluding hydrogens is 345 g/mol. The van der Waals surface area contributed by atoms with E-state index in [1.165, 1.54) is 12.1 Å². The molecule has 0 amide bonds. The van der Waals surface area contributed by atoms with Crippen LogP contribution >= 0.6 is 0 Å². The first kappa shape index (κ1) is 16.8. The zero-order valence-corrected chi connectivity index (χ0v) is 14.3. The predicted molar refractivity (Wildman–Crippen MR) is 90.1 cm³/mol. The van der Waals surface area contributed by atoms with Crippen LogP contribution in [0.15, 0.2) is 29.1 Å². The highest BCUT2D eigenvalue weighted by atomic mass is 19.4. The molecule has 8 heteroatoms. The van der Waals surface area contributed by atoms with Crippen LogP contribution in [0.25, 0.3) is 11.0 Å². The van der Waals surface area contributed by atoms with Gasteiger partial charge in [-0.1, -0.05) is 12.1 Å². The molecule has 0 saturated heterocycles. The minimum Gasteiger partial charge on any atom is -0.310 e. The molecule has 0 spiro atoms. The summed E-state index contributed by atoms with van der Waals surface area (Å²) in [6.07, 6.45) is -2.38. The van der Waals surface area contributed by atoms with Gasteiger partial charge in [0, 0.05) is 5.92 Å². The van der Waals surface area contributed by atoms with Crippen LogP contribution in [-0.4, -0.2) is 19.7 Å². The third kappa shape index (κ3) is 2.79. The molecule has 2 aromatic heterocycles. The number of rotatable bonds is 3. The van der Waals surface area contributed by atoms with Gasteiger partial charge in [-0.3, -0.25) is 4.79 Å². The van der Waals surface area contributed by atoms with Crippen molar-refractivity contribution in [2.24, 2.45) is 0 Å². The largest absolute Gasteiger partial charge is 0.416 e. The summed E-state index contributed by atoms with van der Waals surface area (Å²) < 4.78 is 39.9. The fourth-order valence-electron chi connectivity index (χ4n) is 3.14. The maximum absolute atomic E-state index is 12.8. The van der Waals surface area contributed by atoms with Gasteiger partial charge in [-0.25, -0.2) is 9.67 Å². The van der Waals surface area contributed by atoms with Crippen molar-refractivity contribution in [2.75, 3.05) is 0 Å². The zero-order valence-electron chi connectivity index (χ0n) is 14.3. The number of nitrogens with zero attached hydrogens (tertiary/aromatic N) is 3. The van der Waals surface area contributed by atoms with Gasteiger partial charge in [0.1, 0.15) is 11.2 Å². The molecule has 3 aromatic rings. The van der Waals surface area contributed by atoms with Crippen LogP contribution in [0, 0.1) is 6.92 Å². The number of aromatic amines is 1. The molecule has 4 rings (SSSR count). The monoisotopic (exact) mass is 362 g/mol. The maximum Gasteiger partial charge on any atom is 0.416 e. The van der Waals surface area contributed by atoms with Crippen LogP contribution < -0.4 is 5.56 Å². The van der Waals surface area contributed by atoms with Gasteiger partial charge in [0.2, 0.25) is 0 Å². The Labute approximate surface area is 146 Å². The van der Waals surface area contributed by atoms with E-state index < -0.39 is 11.7 Å². The highest BCUT2D eigenvalue weighted by Gasteiger charge is 2.31. The van der Waals surface area contributed by atoms with Crippen LogP contribution in [0.5, 0.6) is 0 Å². The maximum atomic E-state index is 12.8. The second-order valence-corrected chi connectivity index (χ2v) is 6.75. The lowest BCUT2D eigenvalue weighted by Gasteiger charge is -2.15. The first-order valence-electron chi connectivity index (χ1n) is 8.42. The number of aryl methyl sites for hydroxylation is 1. The van der Waals surface area contributed by atoms with Gasteiger partial charge in [-0.15, -0.1) is 0 Å². The number of halogens is 3. The highest BCUT2D eigenvalue weighted by Crippen LogP contribution is 2.38. The Balaban J connectivity index is 1.79. The van der Waals surface area contributed by atoms with Crippen LogP contribution in [0.3, 0.4) is 0 Å². The van der Waals surface area contributed by atoms with Gasteiger partial charge >= 0.3 is 6.18 Å². The van der Waals surface area contributed by atoms with Gasteiger partial charge in [0.05, 0.1) is 17.3 Å². The Bertz CT molecular complexity index is 1030. The average molecular weight is 362 g/mol. The Kier molecular flexibility index (Phi) is 3.68. The fourth-order valence-corrected chi connectivity index (χ4v) is 3.14. The average Bonchev–Trinajstić information content (AvgIpc) is 3.38. The Morgan fingerprint density at radius 3 is 2.46 bits per heavy atom. The molecule has 5 nitrogen and oxygen atoms in total. The molecular formula is C18H17F3N4O. The number of benzene rings is 1. The quantitative estimate of drug-likeness (QED) is 0.768. The van der Waals surface area contributed by atoms with Crippen molar-refractivity contribution >= 4 is 11.0 Å². The van der Waals surface area contributed by atoms with Crippen molar-refractivity contribution in [1.29, 1.82) is 0 Å². The van der Waals surface area contributed by atoms with E-state index in [0.717, 1.165) is 25.0 Å². The molecule has 136 valence electrons. The molecule has 26 heavy (non-hydrogen) atoms. The van der Waals surface area contributed by atoms with Crippen LogP contribution in [0.4, 0.5) is 13.2 Å². The minimum atomic E-state index is -4.37. The lowest BCUT2D eigenvalue weighted by Crippen LogP contribution is -2.14. The Hall–Kier alpha value is -2.64. The van der Waals surface area contributed by atoms with E-state index in [9.17, 15) is 18.0 Å². The van der Waals surface area contributed by atoms with Crippen LogP contribution in [-0.2, 0) is 6.18 Å². The van der Waals surface area contributed by atoms with E-state index in [1.807, 2.05) is 6.92 Å². The van der Waals surface area contributed by atoms with Gasteiger partial charge in [-0.2, -0.15) is 18.3 Å². The van der Waals surface area contributed by atoms with Crippen molar-refractivity contribution in [2.45, 2.75) is 44.8 Å². The topological polar surface area (TPSA) is 63.6 Å². The van der Waals surface area contributed by atoms with E-state index in [-0.39, 0.29) is 17.5 Å². The number of fused-ring (bicyclic) bond motifs is 1. The van der Waals surface area contributed by atoms with E-state index in [1.54, 1.807) is 11.6 Å². The summed E-state index contributed by atoms with van der Waals surface area (Å²) in [4.78, 5) is 19.8. The molecule has 0 radical (unpaired) electrons. The smallest absolute Gasteiger partial charge is 0.310 e. The molecule has 0 bridgehead atoms. The summed E-state index contributed by atoms with van der Waals surface area (Å²) in [5, 5.41) is 4.86. The van der Waals surface area contributed by atoms with Crippen molar-refractivity contribution < 1.29 is 13.2 Å². The SMILES string of the molecule is Cc1nn(C(C)c2ccc(C(F)(F)F)cc2)c2nc(C3CC3)[nH]c(=O)c12. The Morgan fingerprint density at radius 2 is 1.88 bits per heavy atom. The standard InChI is InChI=1S/C18H17F3N4O/c1-9-14-16(22-15(12-3-4-12)23-17(14)26)25(24-9)10(2)11-5-7-13(8-6-11)18(19,20)21/h5-8,10,12H,3-4H2,1-2H3,(H,22,23,26). The second-order valence-electron chi connectivity index (χ2n) is 6.75. The van der Waals surface area contributed by atoms with E-state index >= 15 is 0 Å². The lowest BCUT2D eigenvalue weighted by molar-refractivity contribution is -0.137. The summed E-state index contributed by atoms with van der Waals surface area (Å²) in [5.41, 5.74) is 0.772. The van der Waals surface area contributed by atoms with Gasteiger partial charge in [0.15, 0.2) is 5.65 Å². The summed E-state index contributed by atoms with van der Waals surface area (Å²) in [5.74, 6) is 0.931. The molecule has 1 atom stereocenters. The van der Waals surface area contributed by atoms with Crippen molar-refractivity contribution in [3.63, 3.8) is 0 Å². The van der Waals surface area contributed by atoms with E-state index in [0.29, 0.717) is 28.1 Å². The minimum absolute atomic E-state index is 0.222. The van der Waals surface area contributed by atoms with Gasteiger partial charge in [0.25, 0.3) is 5.56 Å². The molecule has 1 unspecified atom stereocenters. The first-order chi connectivity index (χ1) is 12.3. The molecule has 1 aliphatic carbocycles. The molecule has 1 saturated carbocycles. The Morgan fingerprint density at radius 1 is 1.23 bits per heavy atom. The third-order valence-corrected chi connectivity index (χ3v) is 4.81. The third-order valence-electron chi connectivity index (χ3n) is 4.81. The number of alkyl halides is 3. The normalized spacial score (nSPS) is 16.2. The number of H-pyrrole nitrogens is 1. The lowest BCUT2D eigenvalue weighted by atomic mass is 10.1. The fraction of sp³-hybridized carbons (Fsp3) is 0.389. The van der Waals surface area contributed by atoms with Crippen LogP contribution in [0.1, 0.15) is 54.4 Å². The van der Waals surface area contributed by atoms with E-state index in [4.69, 9.17) is 0 Å². The van der Waals surface area contributed by atoms with Crippen molar-refractivity contribution in [3.05, 3.63) is 57.3 Å². The first-order valence-corrected chi connectivity index (χ1v) is 8.42. The molecule has 0 aliphatic heterocycles. The van der Waals surface area contributed by atoms with E-state index in [2.05, 4.69) is 15.1 Å². The summed E-state index contributed by atoms with van der Waals surface area (Å²) in [7, 11) is 0. The predicted octanol–water partition coefficient (Wildman–Crippen LogP) is 3.93. The number of nitrogens with one attached hydrogen (secondary N) is 1. The van der Waals surface area contributed by atoms with Crippen LogP contribution in [0.2, 0.25) is 0 Å². The molecule has 1 fully saturated rings. The van der Waals surface area contributed by atoms with Gasteiger partial charge in [-0.05, 0) is 44.4 Å². The summed E-state index contributed by atoms with van der Waals surface area (Å²) in [6.45, 7) is 3.56. The molecule has 2 heterocycles. The molecule has 1 aromatic carbocycles. The number of hydrogen-bond acceptors (Lipinski definition) is 3. The van der Waals surface area contributed by atoms with Crippen molar-refractivity contribution in [3.8, 4) is 0 Å².